The number of hydrogen-bond donors (Lipinski definition) is 1. The molecule has 3 aromatic carbocycles. The molecule has 1 aromatic heterocycles. The molecule has 3 nitrogen and oxygen atoms in total. The maximum Gasteiger partial charge on any atom is 0.197 e. The Bertz CT molecular complexity index is 1240. The zero-order chi connectivity index (χ0) is 19.8. The van der Waals surface area contributed by atoms with Crippen LogP contribution in [0.3, 0.4) is 0 Å². The zero-order valence-electron chi connectivity index (χ0n) is 15.3. The molecule has 0 atom stereocenters. The van der Waals surface area contributed by atoms with Crippen LogP contribution in [-0.2, 0) is 0 Å². The number of halogens is 2. The first-order valence-electron chi connectivity index (χ1n) is 8.75. The third-order valence-electron chi connectivity index (χ3n) is 4.82. The van der Waals surface area contributed by atoms with Crippen molar-refractivity contribution < 1.29 is 4.74 Å². The van der Waals surface area contributed by atoms with Gasteiger partial charge in [0.15, 0.2) is 5.43 Å². The Labute approximate surface area is 172 Å². The van der Waals surface area contributed by atoms with Crippen molar-refractivity contribution >= 4 is 34.1 Å². The van der Waals surface area contributed by atoms with Crippen molar-refractivity contribution in [2.24, 2.45) is 0 Å². The third kappa shape index (κ3) is 3.17. The number of pyridine rings is 1. The smallest absolute Gasteiger partial charge is 0.197 e. The molecule has 0 bridgehead atoms. The van der Waals surface area contributed by atoms with Gasteiger partial charge in [-0.3, -0.25) is 4.79 Å². The average Bonchev–Trinajstić information content (AvgIpc) is 2.69. The van der Waals surface area contributed by atoms with Crippen LogP contribution in [0.2, 0.25) is 10.0 Å². The molecule has 0 aliphatic rings. The summed E-state index contributed by atoms with van der Waals surface area (Å²) < 4.78 is 5.25. The van der Waals surface area contributed by atoms with Gasteiger partial charge in [0.25, 0.3) is 0 Å². The summed E-state index contributed by atoms with van der Waals surface area (Å²) in [4.78, 5) is 16.5. The number of ether oxygens (including phenoxy) is 1. The summed E-state index contributed by atoms with van der Waals surface area (Å²) in [5, 5.41) is 1.63. The molecule has 0 unspecified atom stereocenters. The first-order valence-corrected chi connectivity index (χ1v) is 9.50. The van der Waals surface area contributed by atoms with Gasteiger partial charge in [0.1, 0.15) is 5.75 Å². The highest BCUT2D eigenvalue weighted by Gasteiger charge is 2.14. The largest absolute Gasteiger partial charge is 0.495 e. The van der Waals surface area contributed by atoms with Gasteiger partial charge in [-0.15, -0.1) is 0 Å². The molecule has 0 saturated heterocycles. The van der Waals surface area contributed by atoms with Crippen LogP contribution in [-0.4, -0.2) is 12.1 Å². The summed E-state index contributed by atoms with van der Waals surface area (Å²) in [6.07, 6.45) is 0. The van der Waals surface area contributed by atoms with Crippen molar-refractivity contribution in [1.82, 2.24) is 4.98 Å². The fourth-order valence-electron chi connectivity index (χ4n) is 3.43. The fourth-order valence-corrected chi connectivity index (χ4v) is 3.92. The summed E-state index contributed by atoms with van der Waals surface area (Å²) in [6, 6.07) is 18.9. The predicted octanol–water partition coefficient (Wildman–Crippen LogP) is 6.49. The number of aryl methyl sites for hydroxylation is 1. The Morgan fingerprint density at radius 2 is 1.57 bits per heavy atom. The number of rotatable bonds is 3. The molecule has 0 spiro atoms. The summed E-state index contributed by atoms with van der Waals surface area (Å²) in [6.45, 7) is 1.89. The number of aromatic amines is 1. The maximum absolute atomic E-state index is 13.2. The quantitative estimate of drug-likeness (QED) is 0.420. The molecule has 0 saturated carbocycles. The van der Waals surface area contributed by atoms with E-state index in [0.717, 1.165) is 22.4 Å². The monoisotopic (exact) mass is 409 g/mol. The summed E-state index contributed by atoms with van der Waals surface area (Å²) in [7, 11) is 1.55. The van der Waals surface area contributed by atoms with E-state index in [4.69, 9.17) is 27.9 Å². The number of methoxy groups -OCH3 is 1. The predicted molar refractivity (Wildman–Crippen MR) is 117 cm³/mol. The van der Waals surface area contributed by atoms with Gasteiger partial charge in [0, 0.05) is 33.3 Å². The minimum absolute atomic E-state index is 0.0682. The van der Waals surface area contributed by atoms with Crippen molar-refractivity contribution in [3.8, 4) is 28.0 Å². The van der Waals surface area contributed by atoms with Gasteiger partial charge >= 0.3 is 0 Å². The first-order chi connectivity index (χ1) is 13.5. The molecule has 1 heterocycles. The second kappa shape index (κ2) is 7.34. The normalized spacial score (nSPS) is 11.0. The van der Waals surface area contributed by atoms with Crippen LogP contribution in [0.25, 0.3) is 33.2 Å². The van der Waals surface area contributed by atoms with Crippen LogP contribution in [0.1, 0.15) is 5.69 Å². The van der Waals surface area contributed by atoms with E-state index in [-0.39, 0.29) is 5.43 Å². The van der Waals surface area contributed by atoms with E-state index >= 15 is 0 Å². The number of nitrogens with one attached hydrogen (secondary N) is 1. The molecule has 0 amide bonds. The molecule has 140 valence electrons. The van der Waals surface area contributed by atoms with Crippen LogP contribution in [0.15, 0.2) is 65.5 Å². The number of fused-ring (bicyclic) bond motifs is 1. The van der Waals surface area contributed by atoms with E-state index in [2.05, 4.69) is 4.98 Å². The van der Waals surface area contributed by atoms with Crippen LogP contribution < -0.4 is 10.2 Å². The van der Waals surface area contributed by atoms with E-state index in [1.165, 1.54) is 0 Å². The van der Waals surface area contributed by atoms with Gasteiger partial charge in [-0.1, -0.05) is 65.7 Å². The summed E-state index contributed by atoms with van der Waals surface area (Å²) in [5.74, 6) is 0.529. The lowest BCUT2D eigenvalue weighted by atomic mass is 9.98. The molecule has 0 aliphatic heterocycles. The molecule has 0 radical (unpaired) electrons. The van der Waals surface area contributed by atoms with Gasteiger partial charge in [0.05, 0.1) is 17.6 Å². The van der Waals surface area contributed by atoms with Crippen molar-refractivity contribution in [2.45, 2.75) is 6.92 Å². The minimum Gasteiger partial charge on any atom is -0.495 e. The van der Waals surface area contributed by atoms with Gasteiger partial charge in [0.2, 0.25) is 0 Å². The molecular formula is C23H17Cl2NO2. The molecule has 4 aromatic rings. The van der Waals surface area contributed by atoms with E-state index < -0.39 is 0 Å². The summed E-state index contributed by atoms with van der Waals surface area (Å²) >= 11 is 12.5. The lowest BCUT2D eigenvalue weighted by molar-refractivity contribution is 0.415. The van der Waals surface area contributed by atoms with Crippen LogP contribution in [0, 0.1) is 6.92 Å². The lowest BCUT2D eigenvalue weighted by Gasteiger charge is -2.11. The third-order valence-corrected chi connectivity index (χ3v) is 5.44. The van der Waals surface area contributed by atoms with Gasteiger partial charge < -0.3 is 9.72 Å². The number of aromatic nitrogens is 1. The fraction of sp³-hybridized carbons (Fsp3) is 0.0870. The molecule has 4 rings (SSSR count). The van der Waals surface area contributed by atoms with Gasteiger partial charge in [-0.2, -0.15) is 0 Å². The van der Waals surface area contributed by atoms with Crippen molar-refractivity contribution in [3.63, 3.8) is 0 Å². The Balaban J connectivity index is 1.85. The van der Waals surface area contributed by atoms with E-state index in [1.807, 2.05) is 55.5 Å². The van der Waals surface area contributed by atoms with Gasteiger partial charge in [-0.25, -0.2) is 0 Å². The highest BCUT2D eigenvalue weighted by molar-refractivity contribution is 6.33. The van der Waals surface area contributed by atoms with Crippen molar-refractivity contribution in [1.29, 1.82) is 0 Å². The first kappa shape index (κ1) is 18.6. The Kier molecular flexibility index (Phi) is 4.88. The standard InChI is InChI=1S/C23H17Cl2NO2/c1-13-22(23(27)17-11-19(25)21(28-2)12-20(17)26-13)15-9-7-14(8-10-15)16-5-3-4-6-18(16)24/h3-12H,1-2H3,(H,26,27). The van der Waals surface area contributed by atoms with Gasteiger partial charge in [-0.05, 0) is 30.2 Å². The van der Waals surface area contributed by atoms with E-state index in [1.54, 1.807) is 19.2 Å². The van der Waals surface area contributed by atoms with Crippen LogP contribution in [0.4, 0.5) is 0 Å². The molecule has 0 fully saturated rings. The Morgan fingerprint density at radius 1 is 0.893 bits per heavy atom. The molecule has 0 aliphatic carbocycles. The highest BCUT2D eigenvalue weighted by atomic mass is 35.5. The molecule has 1 N–H and O–H groups in total. The van der Waals surface area contributed by atoms with E-state index in [0.29, 0.717) is 32.3 Å². The molecular weight excluding hydrogens is 393 g/mol. The lowest BCUT2D eigenvalue weighted by Crippen LogP contribution is -2.10. The molecule has 5 heteroatoms. The summed E-state index contributed by atoms with van der Waals surface area (Å²) in [5.41, 5.74) is 4.83. The van der Waals surface area contributed by atoms with E-state index in [9.17, 15) is 4.79 Å². The maximum atomic E-state index is 13.2. The Hall–Kier alpha value is -2.75. The SMILES string of the molecule is COc1cc2[nH]c(C)c(-c3ccc(-c4ccccc4Cl)cc3)c(=O)c2cc1Cl. The Morgan fingerprint density at radius 3 is 2.25 bits per heavy atom. The number of benzene rings is 3. The van der Waals surface area contributed by atoms with Crippen molar-refractivity contribution in [2.75, 3.05) is 7.11 Å². The molecule has 28 heavy (non-hydrogen) atoms. The number of H-pyrrole nitrogens is 1. The van der Waals surface area contributed by atoms with Crippen molar-refractivity contribution in [3.05, 3.63) is 86.6 Å². The minimum atomic E-state index is -0.0682. The number of hydrogen-bond acceptors (Lipinski definition) is 2. The van der Waals surface area contributed by atoms with Crippen LogP contribution in [0.5, 0.6) is 5.75 Å². The average molecular weight is 410 g/mol. The van der Waals surface area contributed by atoms with Crippen LogP contribution >= 0.6 is 23.2 Å². The highest BCUT2D eigenvalue weighted by Crippen LogP contribution is 2.32. The second-order valence-electron chi connectivity index (χ2n) is 6.54. The second-order valence-corrected chi connectivity index (χ2v) is 7.36. The topological polar surface area (TPSA) is 42.1 Å². The zero-order valence-corrected chi connectivity index (χ0v) is 16.9.